The van der Waals surface area contributed by atoms with Gasteiger partial charge < -0.3 is 14.5 Å². The molecule has 1 heterocycles. The summed E-state index contributed by atoms with van der Waals surface area (Å²) in [5.74, 6) is 0.763. The van der Waals surface area contributed by atoms with Crippen LogP contribution in [0.1, 0.15) is 55.1 Å². The summed E-state index contributed by atoms with van der Waals surface area (Å²) in [5, 5.41) is 0. The van der Waals surface area contributed by atoms with Crippen molar-refractivity contribution in [3.8, 4) is 5.75 Å². The molecule has 170 valence electrons. The van der Waals surface area contributed by atoms with Gasteiger partial charge in [0.2, 0.25) is 5.91 Å². The van der Waals surface area contributed by atoms with Gasteiger partial charge in [-0.3, -0.25) is 9.59 Å². The van der Waals surface area contributed by atoms with Gasteiger partial charge in [-0.15, -0.1) is 0 Å². The van der Waals surface area contributed by atoms with Gasteiger partial charge in [-0.05, 0) is 67.8 Å². The fraction of sp³-hybridized carbons (Fsp3) is 0.286. The second-order valence-corrected chi connectivity index (χ2v) is 8.41. The summed E-state index contributed by atoms with van der Waals surface area (Å²) in [6.07, 6.45) is 1.92. The topological polar surface area (TPSA) is 49.9 Å². The van der Waals surface area contributed by atoms with E-state index in [0.29, 0.717) is 24.2 Å². The van der Waals surface area contributed by atoms with Gasteiger partial charge in [0.1, 0.15) is 5.75 Å². The van der Waals surface area contributed by atoms with Gasteiger partial charge in [-0.2, -0.15) is 0 Å². The first-order valence-corrected chi connectivity index (χ1v) is 11.5. The number of fused-ring (bicyclic) bond motifs is 1. The Hall–Kier alpha value is -3.60. The van der Waals surface area contributed by atoms with Crippen LogP contribution in [0.15, 0.2) is 78.9 Å². The molecule has 0 aromatic heterocycles. The highest BCUT2D eigenvalue weighted by Crippen LogP contribution is 2.43. The normalized spacial score (nSPS) is 17.2. The molecule has 0 saturated heterocycles. The second-order valence-electron chi connectivity index (χ2n) is 8.41. The summed E-state index contributed by atoms with van der Waals surface area (Å²) in [6, 6.07) is 24.7. The quantitative estimate of drug-likeness (QED) is 0.470. The Kier molecular flexibility index (Phi) is 6.78. The molecule has 0 bridgehead atoms. The lowest BCUT2D eigenvalue weighted by Crippen LogP contribution is -2.47. The third-order valence-corrected chi connectivity index (χ3v) is 6.19. The third kappa shape index (κ3) is 4.49. The molecule has 0 radical (unpaired) electrons. The molecule has 4 rings (SSSR count). The van der Waals surface area contributed by atoms with Gasteiger partial charge in [-0.1, -0.05) is 43.3 Å². The maximum Gasteiger partial charge on any atom is 0.258 e. The third-order valence-electron chi connectivity index (χ3n) is 6.19. The minimum absolute atomic E-state index is 0.0535. The van der Waals surface area contributed by atoms with Crippen molar-refractivity contribution in [3.05, 3.63) is 90.0 Å². The Morgan fingerprint density at radius 2 is 1.64 bits per heavy atom. The zero-order valence-corrected chi connectivity index (χ0v) is 19.4. The summed E-state index contributed by atoms with van der Waals surface area (Å²) in [5.41, 5.74) is 3.34. The molecule has 5 heteroatoms. The van der Waals surface area contributed by atoms with E-state index in [-0.39, 0.29) is 23.9 Å². The van der Waals surface area contributed by atoms with Crippen LogP contribution in [0.3, 0.4) is 0 Å². The molecule has 1 aliphatic heterocycles. The van der Waals surface area contributed by atoms with Crippen LogP contribution in [0.4, 0.5) is 11.4 Å². The van der Waals surface area contributed by atoms with Gasteiger partial charge >= 0.3 is 0 Å². The van der Waals surface area contributed by atoms with E-state index in [0.717, 1.165) is 23.4 Å². The van der Waals surface area contributed by atoms with Gasteiger partial charge in [-0.25, -0.2) is 0 Å². The monoisotopic (exact) mass is 442 g/mol. The van der Waals surface area contributed by atoms with E-state index >= 15 is 0 Å². The molecule has 0 aliphatic carbocycles. The van der Waals surface area contributed by atoms with Crippen LogP contribution in [0.5, 0.6) is 5.75 Å². The predicted molar refractivity (Wildman–Crippen MR) is 132 cm³/mol. The lowest BCUT2D eigenvalue weighted by atomic mass is 9.89. The van der Waals surface area contributed by atoms with Crippen molar-refractivity contribution >= 4 is 23.2 Å². The minimum atomic E-state index is -0.141. The van der Waals surface area contributed by atoms with Crippen molar-refractivity contribution in [2.75, 3.05) is 16.9 Å². The Labute approximate surface area is 195 Å². The van der Waals surface area contributed by atoms with Crippen molar-refractivity contribution in [3.63, 3.8) is 0 Å². The zero-order valence-electron chi connectivity index (χ0n) is 19.4. The van der Waals surface area contributed by atoms with Crippen LogP contribution in [0, 0.1) is 0 Å². The smallest absolute Gasteiger partial charge is 0.258 e. The molecule has 2 atom stereocenters. The average Bonchev–Trinajstić information content (AvgIpc) is 2.85. The zero-order chi connectivity index (χ0) is 23.4. The Morgan fingerprint density at radius 3 is 2.30 bits per heavy atom. The highest BCUT2D eigenvalue weighted by Gasteiger charge is 2.38. The van der Waals surface area contributed by atoms with E-state index in [9.17, 15) is 9.59 Å². The molecular weight excluding hydrogens is 412 g/mol. The number of methoxy groups -OCH3 is 1. The van der Waals surface area contributed by atoms with Crippen molar-refractivity contribution in [2.45, 2.75) is 45.2 Å². The summed E-state index contributed by atoms with van der Waals surface area (Å²) in [6.45, 7) is 4.08. The van der Waals surface area contributed by atoms with Crippen LogP contribution in [-0.4, -0.2) is 25.0 Å². The minimum Gasteiger partial charge on any atom is -0.497 e. The van der Waals surface area contributed by atoms with Crippen LogP contribution < -0.4 is 14.5 Å². The molecule has 0 fully saturated rings. The molecule has 3 aromatic carbocycles. The van der Waals surface area contributed by atoms with Crippen molar-refractivity contribution in [2.24, 2.45) is 0 Å². The Balaban J connectivity index is 1.75. The van der Waals surface area contributed by atoms with Crippen LogP contribution >= 0.6 is 0 Å². The first-order chi connectivity index (χ1) is 16.0. The number of ether oxygens (including phenoxy) is 1. The second kappa shape index (κ2) is 9.90. The highest BCUT2D eigenvalue weighted by atomic mass is 16.5. The summed E-state index contributed by atoms with van der Waals surface area (Å²) < 4.78 is 5.23. The largest absolute Gasteiger partial charge is 0.497 e. The van der Waals surface area contributed by atoms with E-state index in [1.165, 1.54) is 0 Å². The number of carbonyl (C=O) groups excluding carboxylic acids is 2. The van der Waals surface area contributed by atoms with Crippen molar-refractivity contribution in [1.82, 2.24) is 0 Å². The number of rotatable bonds is 6. The van der Waals surface area contributed by atoms with Crippen LogP contribution in [0.2, 0.25) is 0 Å². The van der Waals surface area contributed by atoms with Crippen molar-refractivity contribution < 1.29 is 14.3 Å². The average molecular weight is 443 g/mol. The van der Waals surface area contributed by atoms with Gasteiger partial charge in [0.05, 0.1) is 13.2 Å². The fourth-order valence-electron chi connectivity index (χ4n) is 4.63. The van der Waals surface area contributed by atoms with Crippen LogP contribution in [0.25, 0.3) is 0 Å². The number of amides is 2. The molecule has 0 spiro atoms. The SMILES string of the molecule is CCCC(=O)N(c1ccccc1)[C@H]1C[C@@H](C)N(C(=O)c2ccc(OC)cc2)c2ccccc21. The van der Waals surface area contributed by atoms with E-state index in [2.05, 4.69) is 6.92 Å². The van der Waals surface area contributed by atoms with Crippen LogP contribution in [-0.2, 0) is 4.79 Å². The van der Waals surface area contributed by atoms with E-state index in [4.69, 9.17) is 4.74 Å². The van der Waals surface area contributed by atoms with Gasteiger partial charge in [0.25, 0.3) is 5.91 Å². The molecule has 0 N–H and O–H groups in total. The Bertz CT molecular complexity index is 1110. The molecule has 33 heavy (non-hydrogen) atoms. The summed E-state index contributed by atoms with van der Waals surface area (Å²) >= 11 is 0. The number of hydrogen-bond donors (Lipinski definition) is 0. The summed E-state index contributed by atoms with van der Waals surface area (Å²) in [7, 11) is 1.61. The van der Waals surface area contributed by atoms with E-state index in [1.807, 2.05) is 71.3 Å². The maximum atomic E-state index is 13.6. The van der Waals surface area contributed by atoms with Crippen molar-refractivity contribution in [1.29, 1.82) is 0 Å². The van der Waals surface area contributed by atoms with Gasteiger partial charge in [0, 0.05) is 29.4 Å². The first-order valence-electron chi connectivity index (χ1n) is 11.5. The van der Waals surface area contributed by atoms with E-state index in [1.54, 1.807) is 31.4 Å². The van der Waals surface area contributed by atoms with E-state index < -0.39 is 0 Å². The number of nitrogens with zero attached hydrogens (tertiary/aromatic N) is 2. The molecule has 0 unspecified atom stereocenters. The number of anilines is 2. The van der Waals surface area contributed by atoms with Gasteiger partial charge in [0.15, 0.2) is 0 Å². The standard InChI is InChI=1S/C28H30N2O3/c1-4-10-27(31)30(22-11-6-5-7-12-22)26-19-20(2)29(25-14-9-8-13-24(25)26)28(32)21-15-17-23(33-3)18-16-21/h5-9,11-18,20,26H,4,10,19H2,1-3H3/t20-,26+/m1/s1. The predicted octanol–water partition coefficient (Wildman–Crippen LogP) is 6.01. The number of para-hydroxylation sites is 2. The lowest BCUT2D eigenvalue weighted by molar-refractivity contribution is -0.119. The number of benzene rings is 3. The molecule has 5 nitrogen and oxygen atoms in total. The number of carbonyl (C=O) groups is 2. The highest BCUT2D eigenvalue weighted by molar-refractivity contribution is 6.07. The molecule has 3 aromatic rings. The molecule has 2 amide bonds. The molecule has 0 saturated carbocycles. The molecular formula is C28H30N2O3. The maximum absolute atomic E-state index is 13.6. The molecule has 1 aliphatic rings. The summed E-state index contributed by atoms with van der Waals surface area (Å²) in [4.78, 5) is 30.6. The lowest BCUT2D eigenvalue weighted by Gasteiger charge is -2.43. The number of hydrogen-bond acceptors (Lipinski definition) is 3. The first kappa shape index (κ1) is 22.6. The Morgan fingerprint density at radius 1 is 0.970 bits per heavy atom. The fourth-order valence-corrected chi connectivity index (χ4v) is 4.63.